The molecule has 2 aliphatic carbocycles. The number of rotatable bonds is 0. The van der Waals surface area contributed by atoms with Gasteiger partial charge < -0.3 is 4.98 Å². The first-order valence-corrected chi connectivity index (χ1v) is 7.48. The van der Waals surface area contributed by atoms with E-state index in [0.717, 1.165) is 0 Å². The van der Waals surface area contributed by atoms with E-state index in [9.17, 15) is 0 Å². The number of H-pyrrole nitrogens is 1. The van der Waals surface area contributed by atoms with Crippen molar-refractivity contribution in [3.63, 3.8) is 0 Å². The predicted octanol–water partition coefficient (Wildman–Crippen LogP) is 5.14. The molecule has 0 saturated carbocycles. The summed E-state index contributed by atoms with van der Waals surface area (Å²) in [7, 11) is 0. The summed E-state index contributed by atoms with van der Waals surface area (Å²) >= 11 is 0. The molecule has 0 radical (unpaired) electrons. The molecule has 0 spiro atoms. The highest BCUT2D eigenvalue weighted by molar-refractivity contribution is 6.00. The standard InChI is InChI=1S/C20H15N/c1-3-9-15-13(7-1)14-8-2-4-10-16(14)20-19(15)17-11-5-6-12-18(17)21-20/h1-12,14,16,21H/t14-,16+/m1/s1. The quantitative estimate of drug-likeness (QED) is 0.581. The van der Waals surface area contributed by atoms with Crippen LogP contribution in [0.2, 0.25) is 0 Å². The number of hydrogen-bond acceptors (Lipinski definition) is 0. The molecule has 0 fully saturated rings. The predicted molar refractivity (Wildman–Crippen MR) is 87.5 cm³/mol. The van der Waals surface area contributed by atoms with Gasteiger partial charge in [0.15, 0.2) is 0 Å². The second-order valence-electron chi connectivity index (χ2n) is 5.87. The van der Waals surface area contributed by atoms with E-state index in [-0.39, 0.29) is 0 Å². The van der Waals surface area contributed by atoms with Gasteiger partial charge in [-0.25, -0.2) is 0 Å². The fourth-order valence-corrected chi connectivity index (χ4v) is 3.90. The summed E-state index contributed by atoms with van der Waals surface area (Å²) < 4.78 is 0. The van der Waals surface area contributed by atoms with Crippen molar-refractivity contribution in [3.05, 3.63) is 84.1 Å². The summed E-state index contributed by atoms with van der Waals surface area (Å²) in [6.45, 7) is 0. The minimum Gasteiger partial charge on any atom is -0.357 e. The third kappa shape index (κ3) is 1.41. The highest BCUT2D eigenvalue weighted by atomic mass is 14.7. The largest absolute Gasteiger partial charge is 0.357 e. The summed E-state index contributed by atoms with van der Waals surface area (Å²) in [6, 6.07) is 17.5. The van der Waals surface area contributed by atoms with Gasteiger partial charge in [0.1, 0.15) is 0 Å². The Balaban J connectivity index is 1.93. The molecule has 1 N–H and O–H groups in total. The fourth-order valence-electron chi connectivity index (χ4n) is 3.90. The number of allylic oxidation sites excluding steroid dienone is 4. The molecule has 2 atom stereocenters. The lowest BCUT2D eigenvalue weighted by Crippen LogP contribution is -2.16. The first-order chi connectivity index (χ1) is 10.4. The van der Waals surface area contributed by atoms with Crippen LogP contribution in [0.5, 0.6) is 0 Å². The average Bonchev–Trinajstić information content (AvgIpc) is 2.95. The van der Waals surface area contributed by atoms with Crippen LogP contribution in [0.4, 0.5) is 0 Å². The lowest BCUT2D eigenvalue weighted by atomic mass is 9.72. The molecule has 0 unspecified atom stereocenters. The Kier molecular flexibility index (Phi) is 2.12. The van der Waals surface area contributed by atoms with Gasteiger partial charge in [-0.1, -0.05) is 66.8 Å². The first kappa shape index (κ1) is 11.2. The Morgan fingerprint density at radius 1 is 0.762 bits per heavy atom. The van der Waals surface area contributed by atoms with Crippen molar-refractivity contribution in [1.82, 2.24) is 4.98 Å². The van der Waals surface area contributed by atoms with Crippen LogP contribution in [0, 0.1) is 0 Å². The topological polar surface area (TPSA) is 15.8 Å². The highest BCUT2D eigenvalue weighted by Gasteiger charge is 2.33. The van der Waals surface area contributed by atoms with Crippen molar-refractivity contribution in [2.45, 2.75) is 11.8 Å². The number of aromatic amines is 1. The minimum atomic E-state index is 0.423. The zero-order chi connectivity index (χ0) is 13.8. The average molecular weight is 269 g/mol. The normalized spacial score (nSPS) is 21.9. The number of hydrogen-bond donors (Lipinski definition) is 1. The van der Waals surface area contributed by atoms with Crippen LogP contribution >= 0.6 is 0 Å². The number of aromatic nitrogens is 1. The van der Waals surface area contributed by atoms with E-state index >= 15 is 0 Å². The molecular formula is C20H15N. The second kappa shape index (κ2) is 3.98. The Hall–Kier alpha value is -2.54. The van der Waals surface area contributed by atoms with Crippen LogP contribution in [0.15, 0.2) is 72.8 Å². The van der Waals surface area contributed by atoms with Crippen LogP contribution in [0.3, 0.4) is 0 Å². The molecule has 3 aromatic rings. The van der Waals surface area contributed by atoms with Gasteiger partial charge in [-0.05, 0) is 17.2 Å². The van der Waals surface area contributed by atoms with E-state index in [2.05, 4.69) is 77.8 Å². The maximum absolute atomic E-state index is 3.67. The van der Waals surface area contributed by atoms with E-state index in [1.807, 2.05) is 0 Å². The van der Waals surface area contributed by atoms with Gasteiger partial charge >= 0.3 is 0 Å². The van der Waals surface area contributed by atoms with Gasteiger partial charge in [-0.2, -0.15) is 0 Å². The molecule has 2 aromatic carbocycles. The highest BCUT2D eigenvalue weighted by Crippen LogP contribution is 2.51. The molecule has 1 aromatic heterocycles. The number of para-hydroxylation sites is 1. The van der Waals surface area contributed by atoms with Crippen molar-refractivity contribution in [1.29, 1.82) is 0 Å². The molecule has 0 amide bonds. The number of fused-ring (bicyclic) bond motifs is 8. The Morgan fingerprint density at radius 3 is 2.48 bits per heavy atom. The van der Waals surface area contributed by atoms with E-state index in [0.29, 0.717) is 11.8 Å². The summed E-state index contributed by atoms with van der Waals surface area (Å²) in [4.78, 5) is 3.67. The first-order valence-electron chi connectivity index (χ1n) is 7.48. The van der Waals surface area contributed by atoms with Gasteiger partial charge in [0, 0.05) is 34.0 Å². The van der Waals surface area contributed by atoms with Crippen LogP contribution in [-0.2, 0) is 0 Å². The molecule has 1 heteroatoms. The molecule has 2 aliphatic rings. The Labute approximate surface area is 123 Å². The molecule has 0 aliphatic heterocycles. The van der Waals surface area contributed by atoms with Gasteiger partial charge in [-0.15, -0.1) is 0 Å². The third-order valence-electron chi connectivity index (χ3n) is 4.79. The summed E-state index contributed by atoms with van der Waals surface area (Å²) in [5.41, 5.74) is 6.82. The summed E-state index contributed by atoms with van der Waals surface area (Å²) in [5.74, 6) is 0.874. The van der Waals surface area contributed by atoms with E-state index in [1.165, 1.54) is 33.3 Å². The maximum atomic E-state index is 3.67. The van der Waals surface area contributed by atoms with Crippen molar-refractivity contribution in [3.8, 4) is 11.1 Å². The molecule has 1 heterocycles. The molecular weight excluding hydrogens is 254 g/mol. The van der Waals surface area contributed by atoms with Crippen molar-refractivity contribution >= 4 is 10.9 Å². The molecule has 0 bridgehead atoms. The van der Waals surface area contributed by atoms with Crippen LogP contribution in [0.25, 0.3) is 22.0 Å². The molecule has 1 nitrogen and oxygen atoms in total. The SMILES string of the molecule is C1=C[C@@H]2c3ccccc3-c3c([nH]c4ccccc34)[C@H]2C=C1. The Morgan fingerprint density at radius 2 is 1.52 bits per heavy atom. The van der Waals surface area contributed by atoms with E-state index in [4.69, 9.17) is 0 Å². The zero-order valence-corrected chi connectivity index (χ0v) is 11.6. The molecule has 5 rings (SSSR count). The van der Waals surface area contributed by atoms with Gasteiger partial charge in [-0.3, -0.25) is 0 Å². The van der Waals surface area contributed by atoms with Gasteiger partial charge in [0.2, 0.25) is 0 Å². The molecule has 0 saturated heterocycles. The van der Waals surface area contributed by atoms with Crippen molar-refractivity contribution in [2.75, 3.05) is 0 Å². The van der Waals surface area contributed by atoms with Gasteiger partial charge in [0.25, 0.3) is 0 Å². The van der Waals surface area contributed by atoms with E-state index < -0.39 is 0 Å². The smallest absolute Gasteiger partial charge is 0.0462 e. The zero-order valence-electron chi connectivity index (χ0n) is 11.6. The summed E-state index contributed by atoms with van der Waals surface area (Å²) in [5, 5.41) is 1.33. The van der Waals surface area contributed by atoms with E-state index in [1.54, 1.807) is 0 Å². The van der Waals surface area contributed by atoms with Crippen LogP contribution in [-0.4, -0.2) is 4.98 Å². The van der Waals surface area contributed by atoms with Gasteiger partial charge in [0.05, 0.1) is 0 Å². The molecule has 100 valence electrons. The van der Waals surface area contributed by atoms with Crippen molar-refractivity contribution in [2.24, 2.45) is 0 Å². The maximum Gasteiger partial charge on any atom is 0.0462 e. The lowest BCUT2D eigenvalue weighted by Gasteiger charge is -2.31. The molecule has 21 heavy (non-hydrogen) atoms. The lowest BCUT2D eigenvalue weighted by molar-refractivity contribution is 0.705. The number of nitrogens with one attached hydrogen (secondary N) is 1. The summed E-state index contributed by atoms with van der Waals surface area (Å²) in [6.07, 6.45) is 9.00. The second-order valence-corrected chi connectivity index (χ2v) is 5.87. The monoisotopic (exact) mass is 269 g/mol. The van der Waals surface area contributed by atoms with Crippen LogP contribution < -0.4 is 0 Å². The van der Waals surface area contributed by atoms with Crippen LogP contribution in [0.1, 0.15) is 23.1 Å². The number of benzene rings is 2. The van der Waals surface area contributed by atoms with Crippen molar-refractivity contribution < 1.29 is 0 Å². The third-order valence-corrected chi connectivity index (χ3v) is 4.79. The Bertz CT molecular complexity index is 910. The minimum absolute atomic E-state index is 0.423. The fraction of sp³-hybridized carbons (Fsp3) is 0.100.